The molecule has 3 rings (SSSR count). The molecule has 1 atom stereocenters. The molecule has 1 heterocycles. The summed E-state index contributed by atoms with van der Waals surface area (Å²) in [5.41, 5.74) is 2.21. The minimum atomic E-state index is 0.0379. The number of benzene rings is 2. The van der Waals surface area contributed by atoms with Crippen LogP contribution >= 0.6 is 11.8 Å². The maximum atomic E-state index is 12.3. The Morgan fingerprint density at radius 3 is 2.62 bits per heavy atom. The predicted octanol–water partition coefficient (Wildman–Crippen LogP) is 4.17. The van der Waals surface area contributed by atoms with Gasteiger partial charge in [0.05, 0.1) is 11.3 Å². The first kappa shape index (κ1) is 18.4. The van der Waals surface area contributed by atoms with Crippen LogP contribution in [0.2, 0.25) is 0 Å². The second-order valence-corrected chi connectivity index (χ2v) is 7.34. The van der Waals surface area contributed by atoms with Crippen LogP contribution < -0.4 is 5.32 Å². The normalized spacial score (nSPS) is 12.1. The smallest absolute Gasteiger partial charge is 0.230 e. The van der Waals surface area contributed by atoms with Crippen molar-refractivity contribution < 1.29 is 4.79 Å². The van der Waals surface area contributed by atoms with Crippen molar-refractivity contribution in [2.45, 2.75) is 37.8 Å². The van der Waals surface area contributed by atoms with Crippen molar-refractivity contribution in [3.8, 4) is 0 Å². The number of hydrogen-bond acceptors (Lipinski definition) is 4. The monoisotopic (exact) mass is 365 g/mol. The third kappa shape index (κ3) is 5.05. The van der Waals surface area contributed by atoms with E-state index in [2.05, 4.69) is 34.3 Å². The molecule has 0 saturated heterocycles. The summed E-state index contributed by atoms with van der Waals surface area (Å²) in [6, 6.07) is 18.4. The maximum absolute atomic E-state index is 12.3. The highest BCUT2D eigenvalue weighted by Crippen LogP contribution is 2.24. The summed E-state index contributed by atoms with van der Waals surface area (Å²) < 4.78 is 0. The standard InChI is InChI=1S/C21H23N3OS/c1-15(12-13-17-8-4-3-5-9-17)22-20(25)14-26-21-18-10-6-7-11-19(18)23-16(2)24-21/h3-11,15H,12-14H2,1-2H3,(H,22,25)/t15-/m0/s1. The van der Waals surface area contributed by atoms with Crippen molar-refractivity contribution >= 4 is 28.6 Å². The SMILES string of the molecule is Cc1nc(SCC(=O)N[C@@H](C)CCc2ccccc2)c2ccccc2n1. The van der Waals surface area contributed by atoms with Crippen LogP contribution in [-0.4, -0.2) is 27.7 Å². The Hall–Kier alpha value is -2.40. The second-order valence-electron chi connectivity index (χ2n) is 6.37. The molecule has 0 aliphatic rings. The largest absolute Gasteiger partial charge is 0.353 e. The van der Waals surface area contributed by atoms with Crippen molar-refractivity contribution in [2.75, 3.05) is 5.75 Å². The molecule has 2 aromatic carbocycles. The number of nitrogens with one attached hydrogen (secondary N) is 1. The lowest BCUT2D eigenvalue weighted by Gasteiger charge is -2.14. The molecule has 0 bridgehead atoms. The minimum absolute atomic E-state index is 0.0379. The number of carbonyl (C=O) groups is 1. The quantitative estimate of drug-likeness (QED) is 0.504. The number of para-hydroxylation sites is 1. The highest BCUT2D eigenvalue weighted by molar-refractivity contribution is 8.00. The van der Waals surface area contributed by atoms with Crippen LogP contribution in [0.15, 0.2) is 59.6 Å². The molecule has 5 heteroatoms. The zero-order valence-corrected chi connectivity index (χ0v) is 15.9. The summed E-state index contributed by atoms with van der Waals surface area (Å²) in [5, 5.41) is 4.93. The van der Waals surface area contributed by atoms with Crippen LogP contribution in [0.4, 0.5) is 0 Å². The highest BCUT2D eigenvalue weighted by atomic mass is 32.2. The Morgan fingerprint density at radius 1 is 1.08 bits per heavy atom. The lowest BCUT2D eigenvalue weighted by Crippen LogP contribution is -2.34. The predicted molar refractivity (Wildman–Crippen MR) is 107 cm³/mol. The van der Waals surface area contributed by atoms with Gasteiger partial charge in [0, 0.05) is 11.4 Å². The Bertz CT molecular complexity index is 883. The third-order valence-corrected chi connectivity index (χ3v) is 5.13. The van der Waals surface area contributed by atoms with Crippen LogP contribution in [0, 0.1) is 6.92 Å². The van der Waals surface area contributed by atoms with E-state index < -0.39 is 0 Å². The van der Waals surface area contributed by atoms with E-state index >= 15 is 0 Å². The number of aromatic nitrogens is 2. The van der Waals surface area contributed by atoms with Gasteiger partial charge in [-0.05, 0) is 38.3 Å². The van der Waals surface area contributed by atoms with E-state index in [-0.39, 0.29) is 11.9 Å². The van der Waals surface area contributed by atoms with Gasteiger partial charge in [-0.2, -0.15) is 0 Å². The first-order chi connectivity index (χ1) is 12.6. The molecule has 1 amide bonds. The van der Waals surface area contributed by atoms with Crippen LogP contribution in [-0.2, 0) is 11.2 Å². The molecule has 0 aliphatic carbocycles. The Balaban J connectivity index is 1.52. The Kier molecular flexibility index (Phi) is 6.23. The average Bonchev–Trinajstić information content (AvgIpc) is 2.65. The van der Waals surface area contributed by atoms with Gasteiger partial charge >= 0.3 is 0 Å². The summed E-state index contributed by atoms with van der Waals surface area (Å²) in [7, 11) is 0. The lowest BCUT2D eigenvalue weighted by atomic mass is 10.1. The highest BCUT2D eigenvalue weighted by Gasteiger charge is 2.11. The molecule has 0 unspecified atom stereocenters. The van der Waals surface area contributed by atoms with E-state index in [1.54, 1.807) is 0 Å². The van der Waals surface area contributed by atoms with Crippen molar-refractivity contribution in [3.63, 3.8) is 0 Å². The van der Waals surface area contributed by atoms with E-state index in [1.165, 1.54) is 17.3 Å². The zero-order chi connectivity index (χ0) is 18.4. The average molecular weight is 366 g/mol. The van der Waals surface area contributed by atoms with E-state index in [0.717, 1.165) is 34.6 Å². The summed E-state index contributed by atoms with van der Waals surface area (Å²) in [6.07, 6.45) is 1.89. The van der Waals surface area contributed by atoms with E-state index in [0.29, 0.717) is 5.75 Å². The fraction of sp³-hybridized carbons (Fsp3) is 0.286. The second kappa shape index (κ2) is 8.81. The zero-order valence-electron chi connectivity index (χ0n) is 15.1. The molecule has 0 fully saturated rings. The number of nitrogens with zero attached hydrogens (tertiary/aromatic N) is 2. The summed E-state index contributed by atoms with van der Waals surface area (Å²) in [4.78, 5) is 21.2. The topological polar surface area (TPSA) is 54.9 Å². The summed E-state index contributed by atoms with van der Waals surface area (Å²) in [6.45, 7) is 3.93. The van der Waals surface area contributed by atoms with Crippen molar-refractivity contribution in [1.29, 1.82) is 0 Å². The van der Waals surface area contributed by atoms with E-state index in [1.807, 2.05) is 49.4 Å². The van der Waals surface area contributed by atoms with Crippen LogP contribution in [0.5, 0.6) is 0 Å². The van der Waals surface area contributed by atoms with Gasteiger partial charge in [0.2, 0.25) is 5.91 Å². The number of hydrogen-bond donors (Lipinski definition) is 1. The first-order valence-electron chi connectivity index (χ1n) is 8.81. The van der Waals surface area contributed by atoms with Gasteiger partial charge in [0.15, 0.2) is 0 Å². The van der Waals surface area contributed by atoms with Gasteiger partial charge in [-0.25, -0.2) is 9.97 Å². The molecule has 0 saturated carbocycles. The van der Waals surface area contributed by atoms with Gasteiger partial charge in [0.1, 0.15) is 10.9 Å². The maximum Gasteiger partial charge on any atom is 0.230 e. The Labute approximate surface area is 158 Å². The summed E-state index contributed by atoms with van der Waals surface area (Å²) >= 11 is 1.47. The third-order valence-electron chi connectivity index (χ3n) is 4.14. The molecule has 0 aliphatic heterocycles. The number of aryl methyl sites for hydroxylation is 2. The molecule has 1 N–H and O–H groups in total. The lowest BCUT2D eigenvalue weighted by molar-refractivity contribution is -0.119. The van der Waals surface area contributed by atoms with Gasteiger partial charge < -0.3 is 5.32 Å². The molecule has 26 heavy (non-hydrogen) atoms. The van der Waals surface area contributed by atoms with Gasteiger partial charge in [-0.15, -0.1) is 0 Å². The van der Waals surface area contributed by atoms with Crippen molar-refractivity contribution in [3.05, 3.63) is 66.0 Å². The van der Waals surface area contributed by atoms with Crippen molar-refractivity contribution in [1.82, 2.24) is 15.3 Å². The fourth-order valence-electron chi connectivity index (χ4n) is 2.82. The van der Waals surface area contributed by atoms with Crippen LogP contribution in [0.1, 0.15) is 24.7 Å². The van der Waals surface area contributed by atoms with Crippen LogP contribution in [0.25, 0.3) is 10.9 Å². The Morgan fingerprint density at radius 2 is 1.81 bits per heavy atom. The first-order valence-corrected chi connectivity index (χ1v) is 9.80. The molecule has 0 radical (unpaired) electrons. The number of amides is 1. The molecule has 0 spiro atoms. The molecule has 4 nitrogen and oxygen atoms in total. The number of thioether (sulfide) groups is 1. The number of fused-ring (bicyclic) bond motifs is 1. The van der Waals surface area contributed by atoms with Gasteiger partial charge in [-0.3, -0.25) is 4.79 Å². The number of carbonyl (C=O) groups excluding carboxylic acids is 1. The molecular formula is C21H23N3OS. The van der Waals surface area contributed by atoms with Crippen molar-refractivity contribution in [2.24, 2.45) is 0 Å². The van der Waals surface area contributed by atoms with Crippen LogP contribution in [0.3, 0.4) is 0 Å². The van der Waals surface area contributed by atoms with Gasteiger partial charge in [0.25, 0.3) is 0 Å². The van der Waals surface area contributed by atoms with E-state index in [4.69, 9.17) is 0 Å². The minimum Gasteiger partial charge on any atom is -0.353 e. The molecular weight excluding hydrogens is 342 g/mol. The molecule has 3 aromatic rings. The summed E-state index contributed by atoms with van der Waals surface area (Å²) in [5.74, 6) is 1.12. The van der Waals surface area contributed by atoms with E-state index in [9.17, 15) is 4.79 Å². The van der Waals surface area contributed by atoms with Gasteiger partial charge in [-0.1, -0.05) is 60.3 Å². The fourth-order valence-corrected chi connectivity index (χ4v) is 3.69. The molecule has 134 valence electrons. The molecule has 1 aromatic heterocycles. The number of rotatable bonds is 7.